The third-order valence-corrected chi connectivity index (χ3v) is 2.05. The quantitative estimate of drug-likeness (QED) is 0.229. The van der Waals surface area contributed by atoms with E-state index in [9.17, 15) is 9.59 Å². The van der Waals surface area contributed by atoms with E-state index in [1.165, 1.54) is 6.33 Å². The van der Waals surface area contributed by atoms with Crippen molar-refractivity contribution in [2.24, 2.45) is 16.6 Å². The van der Waals surface area contributed by atoms with Gasteiger partial charge in [0.15, 0.2) is 17.2 Å². The van der Waals surface area contributed by atoms with E-state index in [1.807, 2.05) is 0 Å². The lowest BCUT2D eigenvalue weighted by Crippen LogP contribution is -2.35. The lowest BCUT2D eigenvalue weighted by Gasteiger charge is -2.03. The second-order valence-electron chi connectivity index (χ2n) is 3.15. The number of thiocarbonyl (C=S) groups is 1. The molecule has 0 fully saturated rings. The average molecular weight is 284 g/mol. The van der Waals surface area contributed by atoms with Crippen molar-refractivity contribution in [2.75, 3.05) is 12.0 Å². The molecule has 102 valence electrons. The molecule has 6 N–H and O–H groups in total. The highest BCUT2D eigenvalue weighted by Crippen LogP contribution is 2.10. The fraction of sp³-hybridized carbons (Fsp3) is 0.222. The van der Waals surface area contributed by atoms with Gasteiger partial charge in [-0.15, -0.1) is 0 Å². The molecule has 0 saturated carbocycles. The Bertz CT molecular complexity index is 522. The Morgan fingerprint density at radius 1 is 1.58 bits per heavy atom. The van der Waals surface area contributed by atoms with E-state index < -0.39 is 11.9 Å². The molecule has 1 aromatic rings. The standard InChI is InChI=1S/C9H12N6O3S/c1-2-18-9(17)5-8(13-3-12-5)15-14-4(6(10)16)7(11)19/h3,15H,2H2,1H3,(H2,10,16)(H2,11,19)(H,12,13). The number of nitrogens with two attached hydrogens (primary N) is 2. The maximum absolute atomic E-state index is 11.5. The van der Waals surface area contributed by atoms with E-state index >= 15 is 0 Å². The van der Waals surface area contributed by atoms with E-state index in [-0.39, 0.29) is 28.8 Å². The molecule has 0 unspecified atom stereocenters. The van der Waals surface area contributed by atoms with Crippen molar-refractivity contribution in [3.8, 4) is 0 Å². The van der Waals surface area contributed by atoms with Crippen molar-refractivity contribution in [3.63, 3.8) is 0 Å². The number of nitrogens with zero attached hydrogens (tertiary/aromatic N) is 2. The van der Waals surface area contributed by atoms with E-state index in [1.54, 1.807) is 6.92 Å². The first-order chi connectivity index (χ1) is 8.97. The van der Waals surface area contributed by atoms with Gasteiger partial charge in [-0.3, -0.25) is 10.2 Å². The van der Waals surface area contributed by atoms with Crippen LogP contribution in [0.3, 0.4) is 0 Å². The summed E-state index contributed by atoms with van der Waals surface area (Å²) in [5.74, 6) is -1.45. The van der Waals surface area contributed by atoms with E-state index in [4.69, 9.17) is 16.2 Å². The van der Waals surface area contributed by atoms with Crippen molar-refractivity contribution in [3.05, 3.63) is 12.0 Å². The maximum atomic E-state index is 11.5. The number of hydrazone groups is 1. The molecule has 1 amide bonds. The number of H-pyrrole nitrogens is 1. The van der Waals surface area contributed by atoms with Crippen LogP contribution in [0.5, 0.6) is 0 Å². The molecule has 0 atom stereocenters. The molecule has 0 aliphatic rings. The molecule has 0 aliphatic carbocycles. The summed E-state index contributed by atoms with van der Waals surface area (Å²) in [7, 11) is 0. The van der Waals surface area contributed by atoms with Gasteiger partial charge in [-0.25, -0.2) is 9.78 Å². The smallest absolute Gasteiger partial charge is 0.358 e. The first-order valence-electron chi connectivity index (χ1n) is 5.11. The Morgan fingerprint density at radius 3 is 2.79 bits per heavy atom. The molecule has 0 aromatic carbocycles. The molecular formula is C9H12N6O3S. The van der Waals surface area contributed by atoms with Crippen LogP contribution in [0.2, 0.25) is 0 Å². The summed E-state index contributed by atoms with van der Waals surface area (Å²) in [6, 6.07) is 0. The first-order valence-corrected chi connectivity index (χ1v) is 5.52. The largest absolute Gasteiger partial charge is 0.461 e. The lowest BCUT2D eigenvalue weighted by atomic mass is 10.4. The van der Waals surface area contributed by atoms with Gasteiger partial charge in [-0.1, -0.05) is 12.2 Å². The van der Waals surface area contributed by atoms with Crippen LogP contribution in [0.15, 0.2) is 11.4 Å². The molecule has 0 aliphatic heterocycles. The second-order valence-corrected chi connectivity index (χ2v) is 3.59. The highest BCUT2D eigenvalue weighted by atomic mass is 32.1. The van der Waals surface area contributed by atoms with Crippen LogP contribution < -0.4 is 16.9 Å². The predicted octanol–water partition coefficient (Wildman–Crippen LogP) is -0.874. The van der Waals surface area contributed by atoms with Crippen LogP contribution in [-0.4, -0.2) is 39.2 Å². The topological polar surface area (TPSA) is 148 Å². The molecular weight excluding hydrogens is 272 g/mol. The van der Waals surface area contributed by atoms with Crippen LogP contribution in [0.1, 0.15) is 17.4 Å². The fourth-order valence-corrected chi connectivity index (χ4v) is 1.22. The van der Waals surface area contributed by atoms with E-state index in [0.717, 1.165) is 0 Å². The molecule has 1 aromatic heterocycles. The van der Waals surface area contributed by atoms with Gasteiger partial charge in [0.05, 0.1) is 12.9 Å². The van der Waals surface area contributed by atoms with Gasteiger partial charge in [0, 0.05) is 0 Å². The van der Waals surface area contributed by atoms with Crippen LogP contribution in [0.25, 0.3) is 0 Å². The summed E-state index contributed by atoms with van der Waals surface area (Å²) < 4.78 is 4.79. The van der Waals surface area contributed by atoms with Crippen LogP contribution in [0.4, 0.5) is 5.82 Å². The Hall–Kier alpha value is -2.49. The zero-order valence-corrected chi connectivity index (χ0v) is 10.8. The number of nitrogens with one attached hydrogen (secondary N) is 2. The molecule has 1 rings (SSSR count). The van der Waals surface area contributed by atoms with Crippen molar-refractivity contribution < 1.29 is 14.3 Å². The number of esters is 1. The van der Waals surface area contributed by atoms with Gasteiger partial charge < -0.3 is 21.2 Å². The van der Waals surface area contributed by atoms with Crippen LogP contribution >= 0.6 is 12.2 Å². The monoisotopic (exact) mass is 284 g/mol. The number of rotatable bonds is 6. The number of carbonyl (C=O) groups is 2. The minimum Gasteiger partial charge on any atom is -0.461 e. The number of aromatic amines is 1. The zero-order valence-electron chi connectivity index (χ0n) is 9.97. The molecule has 9 nitrogen and oxygen atoms in total. The Morgan fingerprint density at radius 2 is 2.26 bits per heavy atom. The minimum absolute atomic E-state index is 0.0531. The highest BCUT2D eigenvalue weighted by Gasteiger charge is 2.16. The van der Waals surface area contributed by atoms with Crippen LogP contribution in [-0.2, 0) is 9.53 Å². The van der Waals surface area contributed by atoms with Gasteiger partial charge >= 0.3 is 5.97 Å². The molecule has 10 heteroatoms. The molecule has 1 heterocycles. The number of aromatic nitrogens is 2. The zero-order chi connectivity index (χ0) is 14.4. The van der Waals surface area contributed by atoms with Crippen molar-refractivity contribution >= 4 is 40.6 Å². The second kappa shape index (κ2) is 6.44. The number of hydrogen-bond donors (Lipinski definition) is 4. The molecule has 0 spiro atoms. The molecule has 0 saturated heterocycles. The molecule has 19 heavy (non-hydrogen) atoms. The number of hydrogen-bond acceptors (Lipinski definition) is 7. The first kappa shape index (κ1) is 14.6. The SMILES string of the molecule is CCOC(=O)c1[nH]cnc1NN=C(C(N)=O)C(N)=S. The van der Waals surface area contributed by atoms with E-state index in [2.05, 4.69) is 32.7 Å². The van der Waals surface area contributed by atoms with Crippen molar-refractivity contribution in [1.29, 1.82) is 0 Å². The summed E-state index contributed by atoms with van der Waals surface area (Å²) in [6.07, 6.45) is 1.26. The number of ether oxygens (including phenoxy) is 1. The number of amides is 1. The summed E-state index contributed by atoms with van der Waals surface area (Å²) in [4.78, 5) is 28.6. The Labute approximate surface area is 113 Å². The number of primary amides is 1. The normalized spacial score (nSPS) is 10.9. The van der Waals surface area contributed by atoms with Gasteiger partial charge in [0.2, 0.25) is 0 Å². The lowest BCUT2D eigenvalue weighted by molar-refractivity contribution is -0.111. The molecule has 0 bridgehead atoms. The van der Waals surface area contributed by atoms with Crippen molar-refractivity contribution in [2.45, 2.75) is 6.92 Å². The summed E-state index contributed by atoms with van der Waals surface area (Å²) in [6.45, 7) is 1.87. The summed E-state index contributed by atoms with van der Waals surface area (Å²) in [5.41, 5.74) is 12.4. The fourth-order valence-electron chi connectivity index (χ4n) is 1.08. The highest BCUT2D eigenvalue weighted by molar-refractivity contribution is 7.82. The van der Waals surface area contributed by atoms with Gasteiger partial charge in [-0.05, 0) is 6.92 Å². The number of carbonyl (C=O) groups excluding carboxylic acids is 2. The maximum Gasteiger partial charge on any atom is 0.358 e. The number of imidazole rings is 1. The Balaban J connectivity index is 2.92. The number of anilines is 1. The Kier molecular flexibility index (Phi) is 4.94. The van der Waals surface area contributed by atoms with Gasteiger partial charge in [0.1, 0.15) is 4.99 Å². The van der Waals surface area contributed by atoms with Gasteiger partial charge in [0.25, 0.3) is 5.91 Å². The van der Waals surface area contributed by atoms with Gasteiger partial charge in [-0.2, -0.15) is 5.10 Å². The van der Waals surface area contributed by atoms with E-state index in [0.29, 0.717) is 0 Å². The predicted molar refractivity (Wildman–Crippen MR) is 71.6 cm³/mol. The third kappa shape index (κ3) is 3.74. The molecule has 0 radical (unpaired) electrons. The summed E-state index contributed by atoms with van der Waals surface area (Å²) >= 11 is 4.60. The summed E-state index contributed by atoms with van der Waals surface area (Å²) in [5, 5.41) is 3.60. The third-order valence-electron chi connectivity index (χ3n) is 1.86. The van der Waals surface area contributed by atoms with Crippen molar-refractivity contribution in [1.82, 2.24) is 9.97 Å². The van der Waals surface area contributed by atoms with Crippen LogP contribution in [0, 0.1) is 0 Å². The average Bonchev–Trinajstić information content (AvgIpc) is 2.77. The minimum atomic E-state index is -0.895.